The van der Waals surface area contributed by atoms with Crippen LogP contribution in [-0.2, 0) is 11.2 Å². The molecule has 1 saturated heterocycles. The molecule has 1 amide bonds. The molecule has 1 N–H and O–H groups in total. The molecule has 0 bridgehead atoms. The molecule has 1 aromatic carbocycles. The van der Waals surface area contributed by atoms with E-state index in [9.17, 15) is 9.59 Å². The Morgan fingerprint density at radius 3 is 2.79 bits per heavy atom. The SMILES string of the molecule is Cc1cccc(-c2nnc(CCC(=O)N3CCSCC3)c(=O)[nH]2)c1. The molecule has 0 radical (unpaired) electrons. The van der Waals surface area contributed by atoms with Gasteiger partial charge >= 0.3 is 0 Å². The lowest BCUT2D eigenvalue weighted by molar-refractivity contribution is -0.130. The molecule has 1 aromatic heterocycles. The van der Waals surface area contributed by atoms with Crippen molar-refractivity contribution in [3.05, 3.63) is 45.9 Å². The Kier molecular flexibility index (Phi) is 5.30. The Labute approximate surface area is 144 Å². The first-order valence-electron chi connectivity index (χ1n) is 8.02. The van der Waals surface area contributed by atoms with E-state index in [1.165, 1.54) is 0 Å². The molecule has 0 unspecified atom stereocenters. The van der Waals surface area contributed by atoms with Gasteiger partial charge in [0, 0.05) is 43.0 Å². The van der Waals surface area contributed by atoms with Crippen molar-refractivity contribution in [1.29, 1.82) is 0 Å². The first kappa shape index (κ1) is 16.7. The zero-order chi connectivity index (χ0) is 16.9. The minimum Gasteiger partial charge on any atom is -0.341 e. The molecule has 1 aliphatic rings. The summed E-state index contributed by atoms with van der Waals surface area (Å²) in [5, 5.41) is 8.14. The number of hydrogen-bond acceptors (Lipinski definition) is 5. The van der Waals surface area contributed by atoms with Crippen LogP contribution in [0.4, 0.5) is 0 Å². The highest BCUT2D eigenvalue weighted by atomic mass is 32.2. The van der Waals surface area contributed by atoms with Gasteiger partial charge in [0.15, 0.2) is 5.82 Å². The molecule has 0 atom stereocenters. The fourth-order valence-corrected chi connectivity index (χ4v) is 3.55. The van der Waals surface area contributed by atoms with Crippen LogP contribution in [0.15, 0.2) is 29.1 Å². The van der Waals surface area contributed by atoms with E-state index in [-0.39, 0.29) is 11.5 Å². The number of rotatable bonds is 4. The van der Waals surface area contributed by atoms with Crippen molar-refractivity contribution in [2.24, 2.45) is 0 Å². The first-order valence-corrected chi connectivity index (χ1v) is 9.17. The number of carbonyl (C=O) groups excluding carboxylic acids is 1. The van der Waals surface area contributed by atoms with Gasteiger partial charge in [-0.05, 0) is 13.0 Å². The average Bonchev–Trinajstić information content (AvgIpc) is 2.61. The van der Waals surface area contributed by atoms with Crippen LogP contribution in [0.25, 0.3) is 11.4 Å². The minimum absolute atomic E-state index is 0.0826. The third-order valence-corrected chi connectivity index (χ3v) is 4.94. The summed E-state index contributed by atoms with van der Waals surface area (Å²) in [6.45, 7) is 3.56. The predicted molar refractivity (Wildman–Crippen MR) is 95.1 cm³/mol. The van der Waals surface area contributed by atoms with Crippen LogP contribution in [0, 0.1) is 6.92 Å². The number of H-pyrrole nitrogens is 1. The van der Waals surface area contributed by atoms with E-state index in [4.69, 9.17) is 0 Å². The van der Waals surface area contributed by atoms with Crippen LogP contribution in [-0.4, -0.2) is 50.6 Å². The molecule has 0 aliphatic carbocycles. The maximum absolute atomic E-state index is 12.2. The van der Waals surface area contributed by atoms with Gasteiger partial charge in [-0.15, -0.1) is 10.2 Å². The van der Waals surface area contributed by atoms with Gasteiger partial charge in [-0.2, -0.15) is 11.8 Å². The van der Waals surface area contributed by atoms with Crippen molar-refractivity contribution in [3.8, 4) is 11.4 Å². The summed E-state index contributed by atoms with van der Waals surface area (Å²) in [6.07, 6.45) is 0.616. The number of carbonyl (C=O) groups is 1. The number of aromatic nitrogens is 3. The maximum atomic E-state index is 12.2. The van der Waals surface area contributed by atoms with Crippen molar-refractivity contribution in [2.75, 3.05) is 24.6 Å². The molecule has 0 spiro atoms. The fourth-order valence-electron chi connectivity index (χ4n) is 2.64. The average molecular weight is 344 g/mol. The van der Waals surface area contributed by atoms with Gasteiger partial charge in [0.25, 0.3) is 5.56 Å². The van der Waals surface area contributed by atoms with Gasteiger partial charge < -0.3 is 9.88 Å². The predicted octanol–water partition coefficient (Wildman–Crippen LogP) is 1.65. The highest BCUT2D eigenvalue weighted by Crippen LogP contribution is 2.14. The highest BCUT2D eigenvalue weighted by Gasteiger charge is 2.17. The molecule has 1 fully saturated rings. The number of hydrogen-bond donors (Lipinski definition) is 1. The third kappa shape index (κ3) is 4.03. The summed E-state index contributed by atoms with van der Waals surface area (Å²) in [5.74, 6) is 2.50. The Morgan fingerprint density at radius 2 is 2.08 bits per heavy atom. The van der Waals surface area contributed by atoms with Crippen LogP contribution in [0.3, 0.4) is 0 Å². The highest BCUT2D eigenvalue weighted by molar-refractivity contribution is 7.99. The van der Waals surface area contributed by atoms with Crippen molar-refractivity contribution in [3.63, 3.8) is 0 Å². The lowest BCUT2D eigenvalue weighted by Crippen LogP contribution is -2.38. The zero-order valence-electron chi connectivity index (χ0n) is 13.6. The zero-order valence-corrected chi connectivity index (χ0v) is 14.4. The molecule has 3 rings (SSSR count). The molecule has 0 saturated carbocycles. The maximum Gasteiger partial charge on any atom is 0.273 e. The van der Waals surface area contributed by atoms with Crippen molar-refractivity contribution in [2.45, 2.75) is 19.8 Å². The third-order valence-electron chi connectivity index (χ3n) is 4.00. The van der Waals surface area contributed by atoms with Crippen molar-refractivity contribution < 1.29 is 4.79 Å². The Hall–Kier alpha value is -2.15. The molecule has 7 heteroatoms. The van der Waals surface area contributed by atoms with Crippen molar-refractivity contribution >= 4 is 17.7 Å². The number of benzene rings is 1. The topological polar surface area (TPSA) is 79.0 Å². The molecule has 2 aromatic rings. The van der Waals surface area contributed by atoms with Gasteiger partial charge in [-0.1, -0.05) is 23.8 Å². The number of nitrogens with zero attached hydrogens (tertiary/aromatic N) is 3. The first-order chi connectivity index (χ1) is 11.6. The smallest absolute Gasteiger partial charge is 0.273 e. The summed E-state index contributed by atoms with van der Waals surface area (Å²) >= 11 is 1.86. The minimum atomic E-state index is -0.275. The van der Waals surface area contributed by atoms with Crippen LogP contribution < -0.4 is 5.56 Å². The number of nitrogens with one attached hydrogen (secondary N) is 1. The van der Waals surface area contributed by atoms with Gasteiger partial charge in [-0.3, -0.25) is 9.59 Å². The molecule has 1 aliphatic heterocycles. The van der Waals surface area contributed by atoms with E-state index in [0.29, 0.717) is 24.4 Å². The molecular formula is C17H20N4O2S. The second-order valence-corrected chi connectivity index (χ2v) is 7.04. The summed E-state index contributed by atoms with van der Waals surface area (Å²) < 4.78 is 0. The number of aryl methyl sites for hydroxylation is 2. The normalized spacial score (nSPS) is 14.6. The molecule has 126 valence electrons. The standard InChI is InChI=1S/C17H20N4O2S/c1-12-3-2-4-13(11-12)16-18-17(23)14(19-20-16)5-6-15(22)21-7-9-24-10-8-21/h2-4,11H,5-10H2,1H3,(H,18,20,23). The van der Waals surface area contributed by atoms with Gasteiger partial charge in [0.2, 0.25) is 5.91 Å². The van der Waals surface area contributed by atoms with E-state index in [0.717, 1.165) is 35.7 Å². The molecule has 24 heavy (non-hydrogen) atoms. The summed E-state index contributed by atoms with van der Waals surface area (Å²) in [6, 6.07) is 7.71. The lowest BCUT2D eigenvalue weighted by atomic mass is 10.1. The summed E-state index contributed by atoms with van der Waals surface area (Å²) in [5.41, 5.74) is 1.95. The van der Waals surface area contributed by atoms with Crippen LogP contribution in [0.1, 0.15) is 17.7 Å². The van der Waals surface area contributed by atoms with E-state index in [1.54, 1.807) is 0 Å². The Morgan fingerprint density at radius 1 is 1.29 bits per heavy atom. The molecule has 6 nitrogen and oxygen atoms in total. The van der Waals surface area contributed by atoms with Gasteiger partial charge in [0.05, 0.1) is 0 Å². The summed E-state index contributed by atoms with van der Waals surface area (Å²) in [7, 11) is 0. The monoisotopic (exact) mass is 344 g/mol. The van der Waals surface area contributed by atoms with Gasteiger partial charge in [-0.25, -0.2) is 0 Å². The van der Waals surface area contributed by atoms with E-state index in [1.807, 2.05) is 47.9 Å². The Bertz CT molecular complexity index is 784. The van der Waals surface area contributed by atoms with E-state index in [2.05, 4.69) is 15.2 Å². The second-order valence-electron chi connectivity index (χ2n) is 5.81. The number of aromatic amines is 1. The molecule has 2 heterocycles. The quantitative estimate of drug-likeness (QED) is 0.912. The lowest BCUT2D eigenvalue weighted by Gasteiger charge is -2.26. The van der Waals surface area contributed by atoms with E-state index < -0.39 is 0 Å². The largest absolute Gasteiger partial charge is 0.341 e. The second kappa shape index (κ2) is 7.61. The van der Waals surface area contributed by atoms with Crippen LogP contribution in [0.5, 0.6) is 0 Å². The Balaban J connectivity index is 1.67. The fraction of sp³-hybridized carbons (Fsp3) is 0.412. The van der Waals surface area contributed by atoms with Crippen LogP contribution in [0.2, 0.25) is 0 Å². The molecular weight excluding hydrogens is 324 g/mol. The van der Waals surface area contributed by atoms with Crippen LogP contribution >= 0.6 is 11.8 Å². The van der Waals surface area contributed by atoms with E-state index >= 15 is 0 Å². The number of thioether (sulfide) groups is 1. The number of amides is 1. The van der Waals surface area contributed by atoms with Gasteiger partial charge in [0.1, 0.15) is 5.69 Å². The summed E-state index contributed by atoms with van der Waals surface area (Å²) in [4.78, 5) is 29.0. The van der Waals surface area contributed by atoms with Crippen molar-refractivity contribution in [1.82, 2.24) is 20.1 Å².